The average Bonchev–Trinajstić information content (AvgIpc) is 3.41. The van der Waals surface area contributed by atoms with E-state index in [4.69, 9.17) is 23.2 Å². The van der Waals surface area contributed by atoms with Crippen LogP contribution in [-0.2, 0) is 6.54 Å². The molecule has 3 heterocycles. The van der Waals surface area contributed by atoms with Gasteiger partial charge in [0.15, 0.2) is 11.6 Å². The van der Waals surface area contributed by atoms with Crippen LogP contribution in [0.3, 0.4) is 0 Å². The van der Waals surface area contributed by atoms with Gasteiger partial charge in [0.05, 0.1) is 5.69 Å². The van der Waals surface area contributed by atoms with Crippen LogP contribution in [-0.4, -0.2) is 53.1 Å². The molecule has 0 bridgehead atoms. The first kappa shape index (κ1) is 23.4. The molecule has 2 N–H and O–H groups in total. The molecule has 10 heteroatoms. The molecule has 1 fully saturated rings. The Hall–Kier alpha value is -3.36. The maximum Gasteiger partial charge on any atom is 0.256 e. The fourth-order valence-corrected chi connectivity index (χ4v) is 4.73. The van der Waals surface area contributed by atoms with E-state index in [9.17, 15) is 9.59 Å². The molecule has 1 saturated heterocycles. The zero-order valence-electron chi connectivity index (χ0n) is 18.9. The van der Waals surface area contributed by atoms with Crippen molar-refractivity contribution in [3.05, 3.63) is 75.3 Å². The van der Waals surface area contributed by atoms with Crippen molar-refractivity contribution in [1.29, 1.82) is 0 Å². The van der Waals surface area contributed by atoms with Crippen LogP contribution < -0.4 is 15.5 Å². The Morgan fingerprint density at radius 2 is 1.77 bits per heavy atom. The van der Waals surface area contributed by atoms with E-state index in [1.54, 1.807) is 42.5 Å². The van der Waals surface area contributed by atoms with Crippen LogP contribution in [0.15, 0.2) is 48.5 Å². The van der Waals surface area contributed by atoms with Crippen LogP contribution >= 0.6 is 23.2 Å². The second-order valence-electron chi connectivity index (χ2n) is 8.58. The number of hydrogen-bond acceptors (Lipinski definition) is 6. The second-order valence-corrected chi connectivity index (χ2v) is 9.43. The number of fused-ring (bicyclic) bond motifs is 1. The summed E-state index contributed by atoms with van der Waals surface area (Å²) in [6, 6.07) is 13.9. The average molecular weight is 511 g/mol. The molecule has 2 amide bonds. The maximum absolute atomic E-state index is 13.0. The molecule has 0 radical (unpaired) electrons. The lowest BCUT2D eigenvalue weighted by molar-refractivity contribution is 0.0793. The van der Waals surface area contributed by atoms with Gasteiger partial charge in [-0.3, -0.25) is 9.59 Å². The standard InChI is InChI=1S/C25H24Cl2N6O2/c26-19-6-7-20(27)18(13-19)15-33-11-8-28-23-21(33)14-22(30-31-23)29-24(34)16-4-3-5-17(12-16)25(35)32-9-1-2-10-32/h3-7,12-14H,1-2,8-11,15H2,(H,28,31)(H,29,30,34). The number of nitrogens with zero attached hydrogens (tertiary/aromatic N) is 4. The number of likely N-dealkylation sites (tertiary alicyclic amines) is 1. The molecular formula is C25H24Cl2N6O2. The summed E-state index contributed by atoms with van der Waals surface area (Å²) in [4.78, 5) is 29.6. The summed E-state index contributed by atoms with van der Waals surface area (Å²) in [5.74, 6) is 0.539. The number of hydrogen-bond donors (Lipinski definition) is 2. The van der Waals surface area contributed by atoms with Gasteiger partial charge < -0.3 is 20.4 Å². The monoisotopic (exact) mass is 510 g/mol. The van der Waals surface area contributed by atoms with E-state index in [1.165, 1.54) is 0 Å². The van der Waals surface area contributed by atoms with Crippen LogP contribution in [0.5, 0.6) is 0 Å². The topological polar surface area (TPSA) is 90.5 Å². The van der Waals surface area contributed by atoms with E-state index in [0.29, 0.717) is 45.9 Å². The molecule has 0 aliphatic carbocycles. The van der Waals surface area contributed by atoms with Gasteiger partial charge in [-0.1, -0.05) is 29.3 Å². The van der Waals surface area contributed by atoms with Crippen molar-refractivity contribution in [1.82, 2.24) is 15.1 Å². The molecule has 0 spiro atoms. The number of halogens is 2. The number of aromatic nitrogens is 2. The molecule has 180 valence electrons. The van der Waals surface area contributed by atoms with E-state index >= 15 is 0 Å². The first-order chi connectivity index (χ1) is 17.0. The third kappa shape index (κ3) is 5.18. The van der Waals surface area contributed by atoms with Crippen LogP contribution in [0.25, 0.3) is 0 Å². The number of anilines is 3. The van der Waals surface area contributed by atoms with Crippen molar-refractivity contribution in [3.8, 4) is 0 Å². The van der Waals surface area contributed by atoms with Gasteiger partial charge in [0, 0.05) is 60.0 Å². The van der Waals surface area contributed by atoms with E-state index in [2.05, 4.69) is 25.7 Å². The van der Waals surface area contributed by atoms with E-state index < -0.39 is 0 Å². The molecular weight excluding hydrogens is 487 g/mol. The third-order valence-electron chi connectivity index (χ3n) is 6.16. The molecule has 0 saturated carbocycles. The summed E-state index contributed by atoms with van der Waals surface area (Å²) in [6.45, 7) is 3.46. The summed E-state index contributed by atoms with van der Waals surface area (Å²) in [7, 11) is 0. The minimum Gasteiger partial charge on any atom is -0.365 e. The molecule has 1 aromatic heterocycles. The Morgan fingerprint density at radius 1 is 0.971 bits per heavy atom. The zero-order valence-corrected chi connectivity index (χ0v) is 20.4. The Morgan fingerprint density at radius 3 is 2.60 bits per heavy atom. The lowest BCUT2D eigenvalue weighted by Crippen LogP contribution is -2.34. The predicted molar refractivity (Wildman–Crippen MR) is 138 cm³/mol. The molecule has 2 aliphatic rings. The molecule has 2 aliphatic heterocycles. The van der Waals surface area contributed by atoms with Crippen LogP contribution in [0, 0.1) is 0 Å². The van der Waals surface area contributed by atoms with Crippen molar-refractivity contribution in [2.24, 2.45) is 0 Å². The molecule has 3 aromatic rings. The van der Waals surface area contributed by atoms with Crippen LogP contribution in [0.4, 0.5) is 17.3 Å². The Balaban J connectivity index is 1.34. The SMILES string of the molecule is O=C(Nc1cc2c(nn1)NCCN2Cc1cc(Cl)ccc1Cl)c1cccc(C(=O)N2CCCC2)c1. The van der Waals surface area contributed by atoms with Crippen molar-refractivity contribution in [3.63, 3.8) is 0 Å². The van der Waals surface area contributed by atoms with Crippen molar-refractivity contribution in [2.45, 2.75) is 19.4 Å². The highest BCUT2D eigenvalue weighted by atomic mass is 35.5. The van der Waals surface area contributed by atoms with Gasteiger partial charge in [0.1, 0.15) is 0 Å². The number of rotatable bonds is 5. The van der Waals surface area contributed by atoms with E-state index in [1.807, 2.05) is 11.0 Å². The van der Waals surface area contributed by atoms with Crippen molar-refractivity contribution < 1.29 is 9.59 Å². The molecule has 2 aromatic carbocycles. The summed E-state index contributed by atoms with van der Waals surface area (Å²) < 4.78 is 0. The van der Waals surface area contributed by atoms with E-state index in [0.717, 1.165) is 43.7 Å². The largest absolute Gasteiger partial charge is 0.365 e. The number of carbonyl (C=O) groups is 2. The highest BCUT2D eigenvalue weighted by molar-refractivity contribution is 6.33. The Kier molecular flexibility index (Phi) is 6.74. The minimum atomic E-state index is -0.358. The predicted octanol–water partition coefficient (Wildman–Crippen LogP) is 4.70. The summed E-state index contributed by atoms with van der Waals surface area (Å²) in [6.07, 6.45) is 2.02. The van der Waals surface area contributed by atoms with Gasteiger partial charge in [0.2, 0.25) is 0 Å². The molecule has 35 heavy (non-hydrogen) atoms. The minimum absolute atomic E-state index is 0.0490. The highest BCUT2D eigenvalue weighted by Gasteiger charge is 2.22. The molecule has 5 rings (SSSR count). The molecule has 0 unspecified atom stereocenters. The van der Waals surface area contributed by atoms with Gasteiger partial charge in [-0.25, -0.2) is 0 Å². The first-order valence-corrected chi connectivity index (χ1v) is 12.2. The Bertz CT molecular complexity index is 1280. The maximum atomic E-state index is 13.0. The number of benzene rings is 2. The normalized spacial score (nSPS) is 14.9. The molecule has 8 nitrogen and oxygen atoms in total. The number of amides is 2. The summed E-state index contributed by atoms with van der Waals surface area (Å²) >= 11 is 12.5. The van der Waals surface area contributed by atoms with Gasteiger partial charge >= 0.3 is 0 Å². The lowest BCUT2D eigenvalue weighted by Gasteiger charge is -2.31. The quantitative estimate of drug-likeness (QED) is 0.516. The van der Waals surface area contributed by atoms with Crippen molar-refractivity contribution >= 4 is 52.3 Å². The van der Waals surface area contributed by atoms with Gasteiger partial charge in [-0.2, -0.15) is 0 Å². The lowest BCUT2D eigenvalue weighted by atomic mass is 10.1. The first-order valence-electron chi connectivity index (χ1n) is 11.5. The number of nitrogens with one attached hydrogen (secondary N) is 2. The fourth-order valence-electron chi connectivity index (χ4n) is 4.36. The summed E-state index contributed by atoms with van der Waals surface area (Å²) in [5.41, 5.74) is 2.59. The number of carbonyl (C=O) groups excluding carboxylic acids is 2. The zero-order chi connectivity index (χ0) is 24.4. The van der Waals surface area contributed by atoms with Gasteiger partial charge in [-0.05, 0) is 54.8 Å². The fraction of sp³-hybridized carbons (Fsp3) is 0.280. The Labute approximate surface area is 213 Å². The van der Waals surface area contributed by atoms with Crippen LogP contribution in [0.2, 0.25) is 10.0 Å². The molecule has 0 atom stereocenters. The smallest absolute Gasteiger partial charge is 0.256 e. The van der Waals surface area contributed by atoms with E-state index in [-0.39, 0.29) is 11.8 Å². The second kappa shape index (κ2) is 10.1. The summed E-state index contributed by atoms with van der Waals surface area (Å²) in [5, 5.41) is 15.7. The van der Waals surface area contributed by atoms with Gasteiger partial charge in [-0.15, -0.1) is 10.2 Å². The van der Waals surface area contributed by atoms with Crippen molar-refractivity contribution in [2.75, 3.05) is 41.7 Å². The van der Waals surface area contributed by atoms with Crippen LogP contribution in [0.1, 0.15) is 39.1 Å². The third-order valence-corrected chi connectivity index (χ3v) is 6.77. The van der Waals surface area contributed by atoms with Gasteiger partial charge in [0.25, 0.3) is 11.8 Å². The highest BCUT2D eigenvalue weighted by Crippen LogP contribution is 2.31.